The van der Waals surface area contributed by atoms with Crippen LogP contribution in [-0.4, -0.2) is 36.4 Å². The van der Waals surface area contributed by atoms with Gasteiger partial charge in [0.2, 0.25) is 5.91 Å². The summed E-state index contributed by atoms with van der Waals surface area (Å²) in [4.78, 5) is 33.1. The van der Waals surface area contributed by atoms with Crippen molar-refractivity contribution in [3.63, 3.8) is 0 Å². The second-order valence-corrected chi connectivity index (χ2v) is 8.08. The molecule has 0 aromatic carbocycles. The summed E-state index contributed by atoms with van der Waals surface area (Å²) >= 11 is 1.48. The van der Waals surface area contributed by atoms with E-state index in [-0.39, 0.29) is 17.7 Å². The first-order valence-electron chi connectivity index (χ1n) is 9.44. The van der Waals surface area contributed by atoms with E-state index in [2.05, 4.69) is 27.4 Å². The molecule has 0 saturated carbocycles. The molecule has 2 aromatic heterocycles. The number of nitrogens with one attached hydrogen (secondary N) is 2. The van der Waals surface area contributed by atoms with Gasteiger partial charge in [-0.25, -0.2) is 4.98 Å². The molecule has 27 heavy (non-hydrogen) atoms. The van der Waals surface area contributed by atoms with Crippen LogP contribution in [0.25, 0.3) is 0 Å². The average Bonchev–Trinajstić information content (AvgIpc) is 3.13. The van der Waals surface area contributed by atoms with Crippen LogP contribution in [0.4, 0.5) is 11.5 Å². The molecule has 0 radical (unpaired) electrons. The second kappa shape index (κ2) is 8.99. The Balaban J connectivity index is 1.64. The minimum atomic E-state index is -0.115. The van der Waals surface area contributed by atoms with E-state index in [0.29, 0.717) is 10.6 Å². The van der Waals surface area contributed by atoms with Gasteiger partial charge in [0.25, 0.3) is 5.91 Å². The quantitative estimate of drug-likeness (QED) is 0.797. The number of anilines is 2. The largest absolute Gasteiger partial charge is 0.356 e. The number of amides is 2. The van der Waals surface area contributed by atoms with Gasteiger partial charge in [0.15, 0.2) is 5.82 Å². The third kappa shape index (κ3) is 4.86. The maximum Gasteiger partial charge on any atom is 0.265 e. The molecule has 3 heterocycles. The smallest absolute Gasteiger partial charge is 0.265 e. The molecule has 1 aliphatic heterocycles. The maximum atomic E-state index is 12.5. The Kier molecular flexibility index (Phi) is 6.45. The highest BCUT2D eigenvalue weighted by atomic mass is 32.1. The van der Waals surface area contributed by atoms with Crippen molar-refractivity contribution in [3.05, 3.63) is 40.2 Å². The fourth-order valence-corrected chi connectivity index (χ4v) is 4.00. The van der Waals surface area contributed by atoms with Gasteiger partial charge in [-0.05, 0) is 50.5 Å². The third-order valence-corrected chi connectivity index (χ3v) is 5.71. The van der Waals surface area contributed by atoms with Crippen molar-refractivity contribution < 1.29 is 9.59 Å². The monoisotopic (exact) mass is 386 g/mol. The Hall–Kier alpha value is -2.41. The number of nitrogens with zero attached hydrogens (tertiary/aromatic N) is 2. The van der Waals surface area contributed by atoms with E-state index in [0.717, 1.165) is 49.6 Å². The fourth-order valence-electron chi connectivity index (χ4n) is 3.23. The topological polar surface area (TPSA) is 74.3 Å². The van der Waals surface area contributed by atoms with Crippen molar-refractivity contribution in [3.8, 4) is 0 Å². The van der Waals surface area contributed by atoms with Crippen molar-refractivity contribution in [1.82, 2.24) is 10.3 Å². The van der Waals surface area contributed by atoms with E-state index in [4.69, 9.17) is 0 Å². The molecule has 1 aliphatic rings. The molecule has 2 amide bonds. The number of aromatic nitrogens is 1. The summed E-state index contributed by atoms with van der Waals surface area (Å²) in [6, 6.07) is 7.48. The molecule has 0 bridgehead atoms. The van der Waals surface area contributed by atoms with Crippen LogP contribution in [-0.2, 0) is 4.79 Å². The van der Waals surface area contributed by atoms with Crippen LogP contribution in [0.1, 0.15) is 40.7 Å². The lowest BCUT2D eigenvalue weighted by Crippen LogP contribution is -2.41. The van der Waals surface area contributed by atoms with Crippen LogP contribution in [0.5, 0.6) is 0 Å². The van der Waals surface area contributed by atoms with Crippen LogP contribution < -0.4 is 15.5 Å². The van der Waals surface area contributed by atoms with Gasteiger partial charge >= 0.3 is 0 Å². The van der Waals surface area contributed by atoms with Gasteiger partial charge in [0.05, 0.1) is 10.6 Å². The van der Waals surface area contributed by atoms with Gasteiger partial charge in [-0.3, -0.25) is 9.59 Å². The van der Waals surface area contributed by atoms with Crippen LogP contribution >= 0.6 is 11.3 Å². The molecule has 0 atom stereocenters. The summed E-state index contributed by atoms with van der Waals surface area (Å²) in [5.41, 5.74) is 0.711. The summed E-state index contributed by atoms with van der Waals surface area (Å²) < 4.78 is 0. The van der Waals surface area contributed by atoms with Crippen molar-refractivity contribution >= 4 is 34.7 Å². The van der Waals surface area contributed by atoms with E-state index >= 15 is 0 Å². The maximum absolute atomic E-state index is 12.5. The SMILES string of the molecule is CCCNC(=O)C1CCN(c2ncccc2NC(=O)c2ccc(C)s2)CC1. The lowest BCUT2D eigenvalue weighted by atomic mass is 9.96. The van der Waals surface area contributed by atoms with Gasteiger partial charge in [-0.2, -0.15) is 0 Å². The summed E-state index contributed by atoms with van der Waals surface area (Å²) in [7, 11) is 0. The van der Waals surface area contributed by atoms with Crippen molar-refractivity contribution in [2.75, 3.05) is 29.9 Å². The molecular weight excluding hydrogens is 360 g/mol. The number of carbonyl (C=O) groups excluding carboxylic acids is 2. The first-order chi connectivity index (χ1) is 13.1. The molecule has 6 nitrogen and oxygen atoms in total. The van der Waals surface area contributed by atoms with E-state index in [1.165, 1.54) is 11.3 Å². The van der Waals surface area contributed by atoms with Gasteiger partial charge in [0.1, 0.15) is 0 Å². The van der Waals surface area contributed by atoms with Gasteiger partial charge < -0.3 is 15.5 Å². The summed E-state index contributed by atoms with van der Waals surface area (Å²) in [6.45, 7) is 6.27. The molecular formula is C20H26N4O2S. The molecule has 2 aromatic rings. The molecule has 0 spiro atoms. The third-order valence-electron chi connectivity index (χ3n) is 4.71. The van der Waals surface area contributed by atoms with Crippen LogP contribution in [0.2, 0.25) is 0 Å². The minimum Gasteiger partial charge on any atom is -0.356 e. The number of pyridine rings is 1. The zero-order valence-corrected chi connectivity index (χ0v) is 16.6. The number of hydrogen-bond acceptors (Lipinski definition) is 5. The molecule has 144 valence electrons. The van der Waals surface area contributed by atoms with E-state index < -0.39 is 0 Å². The number of carbonyl (C=O) groups is 2. The predicted molar refractivity (Wildman–Crippen MR) is 109 cm³/mol. The standard InChI is InChI=1S/C20H26N4O2S/c1-3-10-22-19(25)15-8-12-24(13-9-15)18-16(5-4-11-21-18)23-20(26)17-7-6-14(2)27-17/h4-7,11,15H,3,8-10,12-13H2,1-2H3,(H,22,25)(H,23,26). The van der Waals surface area contributed by atoms with E-state index in [9.17, 15) is 9.59 Å². The highest BCUT2D eigenvalue weighted by Gasteiger charge is 2.26. The van der Waals surface area contributed by atoms with Gasteiger partial charge in [-0.1, -0.05) is 6.92 Å². The Morgan fingerprint density at radius 3 is 2.70 bits per heavy atom. The van der Waals surface area contributed by atoms with E-state index in [1.807, 2.05) is 31.2 Å². The van der Waals surface area contributed by atoms with Crippen molar-refractivity contribution in [1.29, 1.82) is 0 Å². The van der Waals surface area contributed by atoms with E-state index in [1.54, 1.807) is 6.20 Å². The van der Waals surface area contributed by atoms with Crippen molar-refractivity contribution in [2.45, 2.75) is 33.1 Å². The van der Waals surface area contributed by atoms with Crippen LogP contribution in [0.15, 0.2) is 30.5 Å². The summed E-state index contributed by atoms with van der Waals surface area (Å²) in [5.74, 6) is 0.866. The Labute approximate surface area is 164 Å². The molecule has 2 N–H and O–H groups in total. The first-order valence-corrected chi connectivity index (χ1v) is 10.3. The number of piperidine rings is 1. The van der Waals surface area contributed by atoms with Gasteiger partial charge in [-0.15, -0.1) is 11.3 Å². The van der Waals surface area contributed by atoms with Crippen LogP contribution in [0, 0.1) is 12.8 Å². The average molecular weight is 387 g/mol. The van der Waals surface area contributed by atoms with Crippen LogP contribution in [0.3, 0.4) is 0 Å². The Morgan fingerprint density at radius 2 is 2.04 bits per heavy atom. The highest BCUT2D eigenvalue weighted by molar-refractivity contribution is 7.14. The number of aryl methyl sites for hydroxylation is 1. The highest BCUT2D eigenvalue weighted by Crippen LogP contribution is 2.28. The fraction of sp³-hybridized carbons (Fsp3) is 0.450. The molecule has 1 saturated heterocycles. The number of hydrogen-bond donors (Lipinski definition) is 2. The normalized spacial score (nSPS) is 14.8. The molecule has 0 aliphatic carbocycles. The first kappa shape index (κ1) is 19.4. The molecule has 1 fully saturated rings. The summed E-state index contributed by atoms with van der Waals surface area (Å²) in [5, 5.41) is 5.97. The van der Waals surface area contributed by atoms with Crippen molar-refractivity contribution in [2.24, 2.45) is 5.92 Å². The molecule has 0 unspecified atom stereocenters. The van der Waals surface area contributed by atoms with Gasteiger partial charge in [0, 0.05) is 36.6 Å². The predicted octanol–water partition coefficient (Wildman–Crippen LogP) is 3.45. The lowest BCUT2D eigenvalue weighted by Gasteiger charge is -2.33. The molecule has 7 heteroatoms. The number of rotatable bonds is 6. The lowest BCUT2D eigenvalue weighted by molar-refractivity contribution is -0.125. The minimum absolute atomic E-state index is 0.0589. The molecule has 3 rings (SSSR count). The zero-order valence-electron chi connectivity index (χ0n) is 15.8. The summed E-state index contributed by atoms with van der Waals surface area (Å²) in [6.07, 6.45) is 4.28. The Morgan fingerprint density at radius 1 is 1.26 bits per heavy atom. The number of thiophene rings is 1. The Bertz CT molecular complexity index is 797. The zero-order chi connectivity index (χ0) is 19.2. The second-order valence-electron chi connectivity index (χ2n) is 6.79.